The second-order valence-corrected chi connectivity index (χ2v) is 4.04. The van der Waals surface area contributed by atoms with Crippen LogP contribution in [0, 0.1) is 5.41 Å². The van der Waals surface area contributed by atoms with E-state index in [1.165, 1.54) is 0 Å². The van der Waals surface area contributed by atoms with Gasteiger partial charge < -0.3 is 9.94 Å². The summed E-state index contributed by atoms with van der Waals surface area (Å²) in [4.78, 5) is 16.1. The Hall–Kier alpha value is -0.870. The summed E-state index contributed by atoms with van der Waals surface area (Å²) in [6, 6.07) is 0. The summed E-state index contributed by atoms with van der Waals surface area (Å²) < 4.78 is 0. The number of rotatable bonds is 1. The maximum atomic E-state index is 11.7. The number of hydrogen-bond acceptors (Lipinski definition) is 4. The Labute approximate surface area is 77.3 Å². The minimum atomic E-state index is -0.766. The topological polar surface area (TPSA) is 72.6 Å². The van der Waals surface area contributed by atoms with E-state index in [1.54, 1.807) is 20.8 Å². The van der Waals surface area contributed by atoms with Crippen LogP contribution in [0.25, 0.3) is 0 Å². The highest BCUT2D eigenvalue weighted by atomic mass is 16.6. The number of Topliss-reactive ketones (excluding diaryl/α,β-unsaturated/α-hetero) is 1. The summed E-state index contributed by atoms with van der Waals surface area (Å²) in [5.41, 5.74) is -0.0998. The summed E-state index contributed by atoms with van der Waals surface area (Å²) in [5.74, 6) is 5.15. The number of nitrogens with two attached hydrogens (primary N) is 1. The lowest BCUT2D eigenvalue weighted by Gasteiger charge is -2.32. The van der Waals surface area contributed by atoms with E-state index in [-0.39, 0.29) is 11.5 Å². The molecule has 1 aliphatic carbocycles. The molecular formula is C9H15NO3. The van der Waals surface area contributed by atoms with Crippen molar-refractivity contribution in [3.8, 4) is 0 Å². The molecule has 4 nitrogen and oxygen atoms in total. The fraction of sp³-hybridized carbons (Fsp3) is 0.667. The number of ketones is 1. The number of carbonyl (C=O) groups is 1. The highest BCUT2D eigenvalue weighted by molar-refractivity contribution is 6.00. The molecule has 13 heavy (non-hydrogen) atoms. The highest BCUT2D eigenvalue weighted by Crippen LogP contribution is 2.35. The molecule has 1 rings (SSSR count). The molecule has 0 aliphatic heterocycles. The van der Waals surface area contributed by atoms with Gasteiger partial charge in [-0.1, -0.05) is 13.8 Å². The van der Waals surface area contributed by atoms with Gasteiger partial charge in [0, 0.05) is 11.0 Å². The minimum Gasteiger partial charge on any atom is -0.413 e. The average molecular weight is 185 g/mol. The zero-order chi connectivity index (χ0) is 10.2. The third-order valence-corrected chi connectivity index (χ3v) is 2.46. The van der Waals surface area contributed by atoms with E-state index in [2.05, 4.69) is 4.84 Å². The van der Waals surface area contributed by atoms with E-state index < -0.39 is 11.5 Å². The van der Waals surface area contributed by atoms with Gasteiger partial charge in [0.05, 0.1) is 0 Å². The van der Waals surface area contributed by atoms with Crippen molar-refractivity contribution in [2.24, 2.45) is 11.3 Å². The first-order chi connectivity index (χ1) is 5.90. The largest absolute Gasteiger partial charge is 0.413 e. The summed E-state index contributed by atoms with van der Waals surface area (Å²) in [7, 11) is 0. The fourth-order valence-corrected chi connectivity index (χ4v) is 1.71. The number of allylic oxidation sites excluding steroid dienone is 1. The molecule has 0 saturated heterocycles. The molecule has 0 aromatic heterocycles. The molecular weight excluding hydrogens is 170 g/mol. The van der Waals surface area contributed by atoms with Crippen molar-refractivity contribution < 1.29 is 14.7 Å². The van der Waals surface area contributed by atoms with Gasteiger partial charge in [0.25, 0.3) is 0 Å². The molecule has 74 valence electrons. The van der Waals surface area contributed by atoms with Crippen molar-refractivity contribution in [3.05, 3.63) is 11.3 Å². The van der Waals surface area contributed by atoms with E-state index in [0.717, 1.165) is 0 Å². The van der Waals surface area contributed by atoms with Gasteiger partial charge in [-0.2, -0.15) is 5.90 Å². The Morgan fingerprint density at radius 2 is 2.15 bits per heavy atom. The Morgan fingerprint density at radius 1 is 1.62 bits per heavy atom. The molecule has 0 saturated carbocycles. The van der Waals surface area contributed by atoms with Crippen LogP contribution < -0.4 is 5.90 Å². The zero-order valence-corrected chi connectivity index (χ0v) is 8.13. The lowest BCUT2D eigenvalue weighted by molar-refractivity contribution is -0.127. The molecule has 0 amide bonds. The Balaban J connectivity index is 3.11. The van der Waals surface area contributed by atoms with Crippen LogP contribution in [0.2, 0.25) is 0 Å². The van der Waals surface area contributed by atoms with Gasteiger partial charge in [0.1, 0.15) is 6.10 Å². The summed E-state index contributed by atoms with van der Waals surface area (Å²) >= 11 is 0. The van der Waals surface area contributed by atoms with Crippen LogP contribution in [0.15, 0.2) is 11.3 Å². The molecule has 0 spiro atoms. The monoisotopic (exact) mass is 185 g/mol. The van der Waals surface area contributed by atoms with Crippen molar-refractivity contribution in [2.75, 3.05) is 0 Å². The van der Waals surface area contributed by atoms with Crippen LogP contribution in [0.5, 0.6) is 0 Å². The second kappa shape index (κ2) is 3.12. The van der Waals surface area contributed by atoms with Crippen LogP contribution in [0.3, 0.4) is 0 Å². The SMILES string of the molecule is CC1=C(ON)[C@H](O)CC(C)(C)C1=O. The smallest absolute Gasteiger partial charge is 0.167 e. The van der Waals surface area contributed by atoms with Gasteiger partial charge in [-0.25, -0.2) is 0 Å². The van der Waals surface area contributed by atoms with E-state index in [4.69, 9.17) is 5.90 Å². The molecule has 0 bridgehead atoms. The second-order valence-electron chi connectivity index (χ2n) is 4.04. The Kier molecular flexibility index (Phi) is 2.45. The molecule has 0 aromatic carbocycles. The highest BCUT2D eigenvalue weighted by Gasteiger charge is 2.39. The van der Waals surface area contributed by atoms with E-state index in [9.17, 15) is 9.90 Å². The van der Waals surface area contributed by atoms with Crippen molar-refractivity contribution in [1.82, 2.24) is 0 Å². The first-order valence-electron chi connectivity index (χ1n) is 4.20. The summed E-state index contributed by atoms with van der Waals surface area (Å²) in [6.07, 6.45) is -0.409. The molecule has 0 aromatic rings. The van der Waals surface area contributed by atoms with Crippen LogP contribution in [0.4, 0.5) is 0 Å². The van der Waals surface area contributed by atoms with Gasteiger partial charge in [-0.15, -0.1) is 0 Å². The van der Waals surface area contributed by atoms with Gasteiger partial charge in [-0.05, 0) is 13.3 Å². The number of aliphatic hydroxyl groups excluding tert-OH is 1. The van der Waals surface area contributed by atoms with Crippen molar-refractivity contribution in [1.29, 1.82) is 0 Å². The molecule has 0 unspecified atom stereocenters. The predicted octanol–water partition coefficient (Wildman–Crippen LogP) is 0.511. The van der Waals surface area contributed by atoms with Gasteiger partial charge in [-0.3, -0.25) is 4.79 Å². The standard InChI is InChI=1S/C9H15NO3/c1-5-7(13-10)6(11)4-9(2,3)8(5)12/h6,11H,4,10H2,1-3H3/t6-/m1/s1. The quantitative estimate of drug-likeness (QED) is 0.584. The number of carbonyl (C=O) groups excluding carboxylic acids is 1. The zero-order valence-electron chi connectivity index (χ0n) is 8.13. The van der Waals surface area contributed by atoms with Gasteiger partial charge in [0.2, 0.25) is 0 Å². The van der Waals surface area contributed by atoms with E-state index >= 15 is 0 Å². The van der Waals surface area contributed by atoms with Crippen LogP contribution in [-0.2, 0) is 9.63 Å². The first-order valence-corrected chi connectivity index (χ1v) is 4.20. The van der Waals surface area contributed by atoms with Crippen LogP contribution in [0.1, 0.15) is 27.2 Å². The van der Waals surface area contributed by atoms with Gasteiger partial charge in [0.15, 0.2) is 11.5 Å². The molecule has 3 N–H and O–H groups in total. The number of hydrogen-bond donors (Lipinski definition) is 2. The number of aliphatic hydroxyl groups is 1. The normalized spacial score (nSPS) is 27.8. The van der Waals surface area contributed by atoms with Crippen LogP contribution >= 0.6 is 0 Å². The first kappa shape index (κ1) is 10.2. The average Bonchev–Trinajstić information content (AvgIpc) is 2.01. The van der Waals surface area contributed by atoms with Crippen molar-refractivity contribution in [3.63, 3.8) is 0 Å². The lowest BCUT2D eigenvalue weighted by atomic mass is 9.74. The third-order valence-electron chi connectivity index (χ3n) is 2.46. The molecule has 4 heteroatoms. The Morgan fingerprint density at radius 3 is 2.62 bits per heavy atom. The molecule has 0 heterocycles. The fourth-order valence-electron chi connectivity index (χ4n) is 1.71. The Bertz CT molecular complexity index is 268. The lowest BCUT2D eigenvalue weighted by Crippen LogP contribution is -2.38. The maximum absolute atomic E-state index is 11.7. The summed E-state index contributed by atoms with van der Waals surface area (Å²) in [6.45, 7) is 5.22. The third kappa shape index (κ3) is 1.59. The van der Waals surface area contributed by atoms with E-state index in [1.807, 2.05) is 0 Å². The van der Waals surface area contributed by atoms with Crippen molar-refractivity contribution >= 4 is 5.78 Å². The molecule has 0 fully saturated rings. The van der Waals surface area contributed by atoms with Crippen LogP contribution in [-0.4, -0.2) is 17.0 Å². The van der Waals surface area contributed by atoms with Crippen molar-refractivity contribution in [2.45, 2.75) is 33.3 Å². The van der Waals surface area contributed by atoms with Gasteiger partial charge >= 0.3 is 0 Å². The predicted molar refractivity (Wildman–Crippen MR) is 47.4 cm³/mol. The molecule has 1 atom stereocenters. The minimum absolute atomic E-state index is 0.0155. The molecule has 1 aliphatic rings. The van der Waals surface area contributed by atoms with E-state index in [0.29, 0.717) is 12.0 Å². The summed E-state index contributed by atoms with van der Waals surface area (Å²) in [5, 5.41) is 9.58. The molecule has 0 radical (unpaired) electrons. The maximum Gasteiger partial charge on any atom is 0.167 e.